The van der Waals surface area contributed by atoms with Crippen molar-refractivity contribution in [2.75, 3.05) is 13.2 Å². The molecule has 0 aromatic heterocycles. The molecular formula is C9H14O3. The van der Waals surface area contributed by atoms with Crippen molar-refractivity contribution in [3.8, 4) is 0 Å². The smallest absolute Gasteiger partial charge is 0.160 e. The van der Waals surface area contributed by atoms with E-state index in [1.165, 1.54) is 12.8 Å². The van der Waals surface area contributed by atoms with Gasteiger partial charge in [0.1, 0.15) is 0 Å². The van der Waals surface area contributed by atoms with E-state index in [0.29, 0.717) is 18.1 Å². The molecule has 1 aliphatic carbocycles. The molecular weight excluding hydrogens is 156 g/mol. The molecule has 0 N–H and O–H groups in total. The molecule has 0 radical (unpaired) electrons. The highest BCUT2D eigenvalue weighted by Crippen LogP contribution is 2.41. The van der Waals surface area contributed by atoms with Crippen molar-refractivity contribution in [3.63, 3.8) is 0 Å². The maximum absolute atomic E-state index is 5.48. The highest BCUT2D eigenvalue weighted by atomic mass is 16.7. The van der Waals surface area contributed by atoms with E-state index in [1.54, 1.807) is 0 Å². The van der Waals surface area contributed by atoms with Crippen LogP contribution in [-0.2, 0) is 14.2 Å². The highest BCUT2D eigenvalue weighted by Gasteiger charge is 2.46. The van der Waals surface area contributed by atoms with Gasteiger partial charge < -0.3 is 14.2 Å². The molecule has 1 saturated carbocycles. The van der Waals surface area contributed by atoms with Gasteiger partial charge in [0, 0.05) is 5.92 Å². The standard InChI is InChI=1S/C9H14O3/c1-2-7-8(12-7)5-6(1)9-10-3-4-11-9/h6-9H,1-5H2. The SMILES string of the molecule is C1COC(C2CCC3OC3C2)O1. The fourth-order valence-electron chi connectivity index (χ4n) is 2.33. The van der Waals surface area contributed by atoms with Crippen molar-refractivity contribution in [1.82, 2.24) is 0 Å². The zero-order chi connectivity index (χ0) is 7.97. The van der Waals surface area contributed by atoms with Crippen molar-refractivity contribution in [2.24, 2.45) is 5.92 Å². The monoisotopic (exact) mass is 170 g/mol. The molecule has 0 amide bonds. The quantitative estimate of drug-likeness (QED) is 0.548. The van der Waals surface area contributed by atoms with Gasteiger partial charge in [0.05, 0.1) is 25.4 Å². The van der Waals surface area contributed by atoms with Crippen molar-refractivity contribution in [3.05, 3.63) is 0 Å². The zero-order valence-corrected chi connectivity index (χ0v) is 7.07. The van der Waals surface area contributed by atoms with E-state index < -0.39 is 0 Å². The lowest BCUT2D eigenvalue weighted by molar-refractivity contribution is -0.0904. The molecule has 0 spiro atoms. The molecule has 0 bridgehead atoms. The Balaban J connectivity index is 1.60. The van der Waals surface area contributed by atoms with Crippen LogP contribution in [-0.4, -0.2) is 31.7 Å². The van der Waals surface area contributed by atoms with Crippen molar-refractivity contribution in [1.29, 1.82) is 0 Å². The van der Waals surface area contributed by atoms with Crippen LogP contribution >= 0.6 is 0 Å². The van der Waals surface area contributed by atoms with E-state index in [4.69, 9.17) is 14.2 Å². The Bertz CT molecular complexity index is 177. The minimum Gasteiger partial charge on any atom is -0.370 e. The summed E-state index contributed by atoms with van der Waals surface area (Å²) in [5.41, 5.74) is 0. The van der Waals surface area contributed by atoms with Gasteiger partial charge in [0.15, 0.2) is 6.29 Å². The molecule has 3 heteroatoms. The molecule has 2 heterocycles. The van der Waals surface area contributed by atoms with Crippen LogP contribution in [0, 0.1) is 5.92 Å². The van der Waals surface area contributed by atoms with Crippen LogP contribution in [0.3, 0.4) is 0 Å². The molecule has 2 saturated heterocycles. The van der Waals surface area contributed by atoms with Gasteiger partial charge in [-0.05, 0) is 19.3 Å². The van der Waals surface area contributed by atoms with Crippen LogP contribution < -0.4 is 0 Å². The molecule has 68 valence electrons. The second-order valence-corrected chi connectivity index (χ2v) is 3.90. The predicted octanol–water partition coefficient (Wildman–Crippen LogP) is 0.927. The largest absolute Gasteiger partial charge is 0.370 e. The Morgan fingerprint density at radius 3 is 2.50 bits per heavy atom. The Labute approximate surface area is 72.0 Å². The molecule has 3 atom stereocenters. The number of rotatable bonds is 1. The van der Waals surface area contributed by atoms with Crippen molar-refractivity contribution in [2.45, 2.75) is 37.8 Å². The topological polar surface area (TPSA) is 31.0 Å². The third kappa shape index (κ3) is 1.16. The molecule has 3 aliphatic rings. The first kappa shape index (κ1) is 7.30. The summed E-state index contributed by atoms with van der Waals surface area (Å²) in [7, 11) is 0. The van der Waals surface area contributed by atoms with Gasteiger partial charge in [0.2, 0.25) is 0 Å². The first-order chi connectivity index (χ1) is 5.93. The maximum atomic E-state index is 5.48. The number of hydrogen-bond donors (Lipinski definition) is 0. The van der Waals surface area contributed by atoms with Gasteiger partial charge >= 0.3 is 0 Å². The van der Waals surface area contributed by atoms with Crippen LogP contribution in [0.5, 0.6) is 0 Å². The fourth-order valence-corrected chi connectivity index (χ4v) is 2.33. The summed E-state index contributed by atoms with van der Waals surface area (Å²) < 4.78 is 16.4. The van der Waals surface area contributed by atoms with E-state index in [9.17, 15) is 0 Å². The van der Waals surface area contributed by atoms with Crippen LogP contribution in [0.2, 0.25) is 0 Å². The summed E-state index contributed by atoms with van der Waals surface area (Å²) in [6.45, 7) is 1.55. The number of hydrogen-bond acceptors (Lipinski definition) is 3. The average Bonchev–Trinajstić information content (AvgIpc) is 2.66. The van der Waals surface area contributed by atoms with E-state index in [2.05, 4.69) is 0 Å². The second kappa shape index (κ2) is 2.69. The molecule has 2 aliphatic heterocycles. The van der Waals surface area contributed by atoms with E-state index in [0.717, 1.165) is 19.6 Å². The lowest BCUT2D eigenvalue weighted by Gasteiger charge is -2.23. The van der Waals surface area contributed by atoms with E-state index in [-0.39, 0.29) is 6.29 Å². The van der Waals surface area contributed by atoms with Gasteiger partial charge in [-0.3, -0.25) is 0 Å². The second-order valence-electron chi connectivity index (χ2n) is 3.90. The predicted molar refractivity (Wildman–Crippen MR) is 41.7 cm³/mol. The lowest BCUT2D eigenvalue weighted by atomic mass is 9.89. The lowest BCUT2D eigenvalue weighted by Crippen LogP contribution is -2.26. The van der Waals surface area contributed by atoms with Crippen molar-refractivity contribution < 1.29 is 14.2 Å². The Morgan fingerprint density at radius 1 is 0.917 bits per heavy atom. The molecule has 3 unspecified atom stereocenters. The summed E-state index contributed by atoms with van der Waals surface area (Å²) >= 11 is 0. The number of epoxide rings is 1. The van der Waals surface area contributed by atoms with E-state index >= 15 is 0 Å². The molecule has 0 aromatic carbocycles. The summed E-state index contributed by atoms with van der Waals surface area (Å²) in [6.07, 6.45) is 4.77. The molecule has 3 fully saturated rings. The molecule has 3 rings (SSSR count). The zero-order valence-electron chi connectivity index (χ0n) is 7.07. The normalized spacial score (nSPS) is 47.5. The maximum Gasteiger partial charge on any atom is 0.160 e. The minimum atomic E-state index is 0.0788. The van der Waals surface area contributed by atoms with Gasteiger partial charge in [0.25, 0.3) is 0 Å². The number of fused-ring (bicyclic) bond motifs is 1. The van der Waals surface area contributed by atoms with Gasteiger partial charge in [-0.1, -0.05) is 0 Å². The van der Waals surface area contributed by atoms with Crippen LogP contribution in [0.1, 0.15) is 19.3 Å². The van der Waals surface area contributed by atoms with Crippen molar-refractivity contribution >= 4 is 0 Å². The third-order valence-corrected chi connectivity index (χ3v) is 3.08. The average molecular weight is 170 g/mol. The van der Waals surface area contributed by atoms with Crippen LogP contribution in [0.15, 0.2) is 0 Å². The van der Waals surface area contributed by atoms with Crippen LogP contribution in [0.25, 0.3) is 0 Å². The van der Waals surface area contributed by atoms with Gasteiger partial charge in [-0.15, -0.1) is 0 Å². The fraction of sp³-hybridized carbons (Fsp3) is 1.00. The molecule has 0 aromatic rings. The van der Waals surface area contributed by atoms with Gasteiger partial charge in [-0.2, -0.15) is 0 Å². The summed E-state index contributed by atoms with van der Waals surface area (Å²) in [6, 6.07) is 0. The number of ether oxygens (including phenoxy) is 3. The summed E-state index contributed by atoms with van der Waals surface area (Å²) in [5, 5.41) is 0. The first-order valence-corrected chi connectivity index (χ1v) is 4.82. The minimum absolute atomic E-state index is 0.0788. The summed E-state index contributed by atoms with van der Waals surface area (Å²) in [4.78, 5) is 0. The molecule has 3 nitrogen and oxygen atoms in total. The highest BCUT2D eigenvalue weighted by molar-refractivity contribution is 4.93. The molecule has 12 heavy (non-hydrogen) atoms. The van der Waals surface area contributed by atoms with E-state index in [1.807, 2.05) is 0 Å². The Hall–Kier alpha value is -0.120. The summed E-state index contributed by atoms with van der Waals surface area (Å²) in [5.74, 6) is 0.594. The third-order valence-electron chi connectivity index (χ3n) is 3.08. The first-order valence-electron chi connectivity index (χ1n) is 4.82. The Morgan fingerprint density at radius 2 is 1.75 bits per heavy atom. The van der Waals surface area contributed by atoms with Gasteiger partial charge in [-0.25, -0.2) is 0 Å². The Kier molecular flexibility index (Phi) is 1.63. The van der Waals surface area contributed by atoms with Crippen LogP contribution in [0.4, 0.5) is 0 Å².